The molecule has 0 spiro atoms. The monoisotopic (exact) mass is 327 g/mol. The highest BCUT2D eigenvalue weighted by Crippen LogP contribution is 2.25. The summed E-state index contributed by atoms with van der Waals surface area (Å²) in [6.45, 7) is 11.3. The largest absolute Gasteiger partial charge is 0.383 e. The number of nitrogens with zero attached hydrogens (tertiary/aromatic N) is 1. The predicted octanol–water partition coefficient (Wildman–Crippen LogP) is 2.18. The SMILES string of the molecule is CCNC(=NCC(C)(O)c1cccs1)NCCOCC(C)C. The molecule has 22 heavy (non-hydrogen) atoms. The molecule has 0 saturated heterocycles. The first-order valence-corrected chi connectivity index (χ1v) is 8.70. The first-order chi connectivity index (χ1) is 10.5. The molecule has 0 bridgehead atoms. The molecule has 1 unspecified atom stereocenters. The highest BCUT2D eigenvalue weighted by Gasteiger charge is 2.23. The Bertz CT molecular complexity index is 431. The van der Waals surface area contributed by atoms with E-state index in [0.29, 0.717) is 31.6 Å². The van der Waals surface area contributed by atoms with Crippen LogP contribution in [-0.4, -0.2) is 43.9 Å². The van der Waals surface area contributed by atoms with Gasteiger partial charge in [-0.3, -0.25) is 0 Å². The molecule has 0 aliphatic carbocycles. The normalized spacial score (nSPS) is 14.9. The van der Waals surface area contributed by atoms with E-state index in [4.69, 9.17) is 4.74 Å². The first kappa shape index (κ1) is 18.9. The molecule has 5 nitrogen and oxygen atoms in total. The van der Waals surface area contributed by atoms with Crippen LogP contribution in [0.5, 0.6) is 0 Å². The van der Waals surface area contributed by atoms with Crippen LogP contribution in [0, 0.1) is 5.92 Å². The summed E-state index contributed by atoms with van der Waals surface area (Å²) < 4.78 is 5.53. The van der Waals surface area contributed by atoms with Crippen molar-refractivity contribution in [2.75, 3.05) is 32.8 Å². The summed E-state index contributed by atoms with van der Waals surface area (Å²) in [4.78, 5) is 5.39. The third kappa shape index (κ3) is 7.24. The number of ether oxygens (including phenoxy) is 1. The Kier molecular flexibility index (Phi) is 8.45. The number of guanidine groups is 1. The number of aliphatic imine (C=N–C) groups is 1. The van der Waals surface area contributed by atoms with E-state index in [0.717, 1.165) is 18.0 Å². The third-order valence-electron chi connectivity index (χ3n) is 2.93. The average molecular weight is 327 g/mol. The summed E-state index contributed by atoms with van der Waals surface area (Å²) in [7, 11) is 0. The van der Waals surface area contributed by atoms with Crippen LogP contribution in [0.1, 0.15) is 32.6 Å². The minimum absolute atomic E-state index is 0.315. The average Bonchev–Trinajstić information content (AvgIpc) is 2.99. The molecule has 3 N–H and O–H groups in total. The maximum Gasteiger partial charge on any atom is 0.191 e. The van der Waals surface area contributed by atoms with E-state index in [1.165, 1.54) is 0 Å². The Balaban J connectivity index is 2.44. The van der Waals surface area contributed by atoms with Crippen LogP contribution in [-0.2, 0) is 10.3 Å². The van der Waals surface area contributed by atoms with Gasteiger partial charge in [0, 0.05) is 24.6 Å². The molecule has 0 saturated carbocycles. The van der Waals surface area contributed by atoms with Gasteiger partial charge in [0.2, 0.25) is 0 Å². The molecular formula is C16H29N3O2S. The first-order valence-electron chi connectivity index (χ1n) is 7.82. The van der Waals surface area contributed by atoms with Crippen molar-refractivity contribution >= 4 is 17.3 Å². The highest BCUT2D eigenvalue weighted by molar-refractivity contribution is 7.10. The molecule has 1 aromatic rings. The lowest BCUT2D eigenvalue weighted by Gasteiger charge is -2.20. The van der Waals surface area contributed by atoms with Crippen LogP contribution in [0.3, 0.4) is 0 Å². The van der Waals surface area contributed by atoms with Gasteiger partial charge in [-0.2, -0.15) is 0 Å². The number of nitrogens with one attached hydrogen (secondary N) is 2. The predicted molar refractivity (Wildman–Crippen MR) is 93.5 cm³/mol. The molecule has 0 fully saturated rings. The van der Waals surface area contributed by atoms with Gasteiger partial charge in [0.25, 0.3) is 0 Å². The van der Waals surface area contributed by atoms with Gasteiger partial charge in [-0.15, -0.1) is 11.3 Å². The van der Waals surface area contributed by atoms with E-state index in [1.807, 2.05) is 24.4 Å². The topological polar surface area (TPSA) is 65.9 Å². The second kappa shape index (κ2) is 9.82. The summed E-state index contributed by atoms with van der Waals surface area (Å²) >= 11 is 1.54. The summed E-state index contributed by atoms with van der Waals surface area (Å²) in [5.74, 6) is 1.25. The number of hydrogen-bond acceptors (Lipinski definition) is 4. The van der Waals surface area contributed by atoms with Crippen molar-refractivity contribution in [3.05, 3.63) is 22.4 Å². The van der Waals surface area contributed by atoms with Crippen molar-refractivity contribution in [2.45, 2.75) is 33.3 Å². The second-order valence-electron chi connectivity index (χ2n) is 5.84. The van der Waals surface area contributed by atoms with Crippen molar-refractivity contribution in [3.63, 3.8) is 0 Å². The molecule has 1 rings (SSSR count). The van der Waals surface area contributed by atoms with Crippen molar-refractivity contribution in [1.29, 1.82) is 0 Å². The molecule has 1 aromatic heterocycles. The van der Waals surface area contributed by atoms with Crippen LogP contribution in [0.2, 0.25) is 0 Å². The molecule has 0 aromatic carbocycles. The summed E-state index contributed by atoms with van der Waals surface area (Å²) in [6.07, 6.45) is 0. The number of rotatable bonds is 9. The second-order valence-corrected chi connectivity index (χ2v) is 6.79. The minimum Gasteiger partial charge on any atom is -0.383 e. The summed E-state index contributed by atoms with van der Waals surface area (Å²) in [5, 5.41) is 18.8. The zero-order chi connectivity index (χ0) is 16.4. The van der Waals surface area contributed by atoms with Crippen molar-refractivity contribution < 1.29 is 9.84 Å². The lowest BCUT2D eigenvalue weighted by Crippen LogP contribution is -2.40. The highest BCUT2D eigenvalue weighted by atomic mass is 32.1. The van der Waals surface area contributed by atoms with Gasteiger partial charge >= 0.3 is 0 Å². The van der Waals surface area contributed by atoms with E-state index in [-0.39, 0.29) is 0 Å². The maximum absolute atomic E-state index is 10.5. The Morgan fingerprint density at radius 3 is 2.82 bits per heavy atom. The van der Waals surface area contributed by atoms with Crippen LogP contribution in [0.15, 0.2) is 22.5 Å². The molecule has 1 atom stereocenters. The van der Waals surface area contributed by atoms with Crippen molar-refractivity contribution in [3.8, 4) is 0 Å². The number of hydrogen-bond donors (Lipinski definition) is 3. The van der Waals surface area contributed by atoms with Crippen LogP contribution in [0.25, 0.3) is 0 Å². The number of aliphatic hydroxyl groups is 1. The van der Waals surface area contributed by atoms with Gasteiger partial charge in [0.1, 0.15) is 5.60 Å². The van der Waals surface area contributed by atoms with E-state index >= 15 is 0 Å². The van der Waals surface area contributed by atoms with E-state index in [1.54, 1.807) is 18.3 Å². The van der Waals surface area contributed by atoms with Gasteiger partial charge in [0.15, 0.2) is 5.96 Å². The zero-order valence-electron chi connectivity index (χ0n) is 14.1. The molecular weight excluding hydrogens is 298 g/mol. The maximum atomic E-state index is 10.5. The Labute approximate surface area is 137 Å². The van der Waals surface area contributed by atoms with Gasteiger partial charge in [-0.1, -0.05) is 19.9 Å². The lowest BCUT2D eigenvalue weighted by molar-refractivity contribution is 0.0711. The Morgan fingerprint density at radius 2 is 2.23 bits per heavy atom. The fourth-order valence-electron chi connectivity index (χ4n) is 1.80. The summed E-state index contributed by atoms with van der Waals surface area (Å²) in [6, 6.07) is 3.87. The van der Waals surface area contributed by atoms with Crippen LogP contribution in [0.4, 0.5) is 0 Å². The van der Waals surface area contributed by atoms with Gasteiger partial charge in [-0.25, -0.2) is 4.99 Å². The van der Waals surface area contributed by atoms with E-state index < -0.39 is 5.60 Å². The molecule has 6 heteroatoms. The molecule has 0 radical (unpaired) electrons. The number of thiophene rings is 1. The fraction of sp³-hybridized carbons (Fsp3) is 0.688. The zero-order valence-corrected chi connectivity index (χ0v) is 14.9. The van der Waals surface area contributed by atoms with E-state index in [2.05, 4.69) is 29.5 Å². The minimum atomic E-state index is -0.940. The van der Waals surface area contributed by atoms with Crippen molar-refractivity contribution in [2.24, 2.45) is 10.9 Å². The Hall–Kier alpha value is -1.11. The van der Waals surface area contributed by atoms with Gasteiger partial charge in [-0.05, 0) is 31.2 Å². The molecule has 0 aliphatic heterocycles. The molecule has 1 heterocycles. The van der Waals surface area contributed by atoms with Gasteiger partial charge < -0.3 is 20.5 Å². The standard InChI is InChI=1S/C16H29N3O2S/c1-5-17-15(18-8-9-21-11-13(2)3)19-12-16(4,20)14-7-6-10-22-14/h6-7,10,13,20H,5,8-9,11-12H2,1-4H3,(H2,17,18,19). The van der Waals surface area contributed by atoms with E-state index in [9.17, 15) is 5.11 Å². The molecule has 0 amide bonds. The molecule has 126 valence electrons. The summed E-state index contributed by atoms with van der Waals surface area (Å²) in [5.41, 5.74) is -0.940. The van der Waals surface area contributed by atoms with Crippen molar-refractivity contribution in [1.82, 2.24) is 10.6 Å². The molecule has 0 aliphatic rings. The Morgan fingerprint density at radius 1 is 1.45 bits per heavy atom. The smallest absolute Gasteiger partial charge is 0.191 e. The van der Waals surface area contributed by atoms with Gasteiger partial charge in [0.05, 0.1) is 13.2 Å². The van der Waals surface area contributed by atoms with Crippen LogP contribution >= 0.6 is 11.3 Å². The third-order valence-corrected chi connectivity index (χ3v) is 4.05. The quantitative estimate of drug-likeness (QED) is 0.369. The lowest BCUT2D eigenvalue weighted by atomic mass is 10.1. The van der Waals surface area contributed by atoms with Crippen LogP contribution < -0.4 is 10.6 Å². The fourth-order valence-corrected chi connectivity index (χ4v) is 2.58.